The maximum atomic E-state index is 9.01. The van der Waals surface area contributed by atoms with Crippen LogP contribution in [0.2, 0.25) is 0 Å². The molecule has 1 aromatic carbocycles. The number of aromatic nitrogens is 1. The van der Waals surface area contributed by atoms with Crippen molar-refractivity contribution < 1.29 is 14.6 Å². The number of ether oxygens (including phenoxy) is 2. The average Bonchev–Trinajstić information content (AvgIpc) is 2.78. The van der Waals surface area contributed by atoms with E-state index in [1.807, 2.05) is 24.5 Å². The lowest BCUT2D eigenvalue weighted by Gasteiger charge is -2.35. The van der Waals surface area contributed by atoms with Gasteiger partial charge in [0, 0.05) is 45.7 Å². The van der Waals surface area contributed by atoms with Gasteiger partial charge in [0.1, 0.15) is 12.4 Å². The summed E-state index contributed by atoms with van der Waals surface area (Å²) in [5.41, 5.74) is 2.52. The van der Waals surface area contributed by atoms with Crippen molar-refractivity contribution in [3.05, 3.63) is 59.9 Å². The molecule has 0 spiro atoms. The van der Waals surface area contributed by atoms with E-state index in [1.54, 1.807) is 7.11 Å². The maximum Gasteiger partial charge on any atom is 0.119 e. The van der Waals surface area contributed by atoms with Gasteiger partial charge < -0.3 is 19.5 Å². The predicted molar refractivity (Wildman–Crippen MR) is 118 cm³/mol. The molecule has 30 heavy (non-hydrogen) atoms. The fraction of sp³-hybridized carbons (Fsp3) is 0.542. The monoisotopic (exact) mass is 413 g/mol. The number of hydrogen-bond acceptors (Lipinski definition) is 6. The molecule has 6 heteroatoms. The van der Waals surface area contributed by atoms with E-state index in [4.69, 9.17) is 14.6 Å². The first-order valence-electron chi connectivity index (χ1n) is 10.9. The van der Waals surface area contributed by atoms with Crippen LogP contribution < -0.4 is 4.74 Å². The van der Waals surface area contributed by atoms with Gasteiger partial charge in [0.25, 0.3) is 0 Å². The van der Waals surface area contributed by atoms with E-state index in [1.165, 1.54) is 24.0 Å². The summed E-state index contributed by atoms with van der Waals surface area (Å²) in [6.07, 6.45) is 6.20. The Morgan fingerprint density at radius 3 is 2.57 bits per heavy atom. The van der Waals surface area contributed by atoms with Crippen LogP contribution in [0.4, 0.5) is 0 Å². The van der Waals surface area contributed by atoms with Crippen molar-refractivity contribution in [2.24, 2.45) is 5.92 Å². The standard InChI is InChI=1S/C24H35N3O3/c1-29-15-13-26-11-7-22(8-12-26)19-27(18-21-5-9-25-10-6-21)20-23-3-2-4-24(17-23)30-16-14-28/h2-6,9-10,17,22,28H,7-8,11-16,18-20H2,1H3. The first-order valence-corrected chi connectivity index (χ1v) is 10.9. The molecule has 1 aromatic heterocycles. The molecule has 1 saturated heterocycles. The summed E-state index contributed by atoms with van der Waals surface area (Å²) in [6, 6.07) is 12.4. The largest absolute Gasteiger partial charge is 0.491 e. The number of methoxy groups -OCH3 is 1. The van der Waals surface area contributed by atoms with Crippen LogP contribution in [0.25, 0.3) is 0 Å². The van der Waals surface area contributed by atoms with Gasteiger partial charge in [-0.2, -0.15) is 0 Å². The molecule has 0 unspecified atom stereocenters. The molecule has 1 aliphatic rings. The van der Waals surface area contributed by atoms with Crippen LogP contribution in [0, 0.1) is 5.92 Å². The van der Waals surface area contributed by atoms with Crippen molar-refractivity contribution in [3.8, 4) is 5.75 Å². The number of nitrogens with zero attached hydrogens (tertiary/aromatic N) is 3. The van der Waals surface area contributed by atoms with E-state index < -0.39 is 0 Å². The Bertz CT molecular complexity index is 721. The minimum atomic E-state index is 0.0292. The lowest BCUT2D eigenvalue weighted by molar-refractivity contribution is 0.103. The number of benzene rings is 1. The van der Waals surface area contributed by atoms with Gasteiger partial charge in [0.15, 0.2) is 0 Å². The summed E-state index contributed by atoms with van der Waals surface area (Å²) < 4.78 is 10.8. The predicted octanol–water partition coefficient (Wildman–Crippen LogP) is 2.81. The van der Waals surface area contributed by atoms with Crippen molar-refractivity contribution in [3.63, 3.8) is 0 Å². The highest BCUT2D eigenvalue weighted by molar-refractivity contribution is 5.28. The maximum absolute atomic E-state index is 9.01. The molecule has 0 aliphatic carbocycles. The smallest absolute Gasteiger partial charge is 0.119 e. The zero-order valence-electron chi connectivity index (χ0n) is 18.1. The number of piperidine rings is 1. The minimum absolute atomic E-state index is 0.0292. The van der Waals surface area contributed by atoms with Crippen LogP contribution in [0.1, 0.15) is 24.0 Å². The first-order chi connectivity index (χ1) is 14.8. The fourth-order valence-corrected chi connectivity index (χ4v) is 4.06. The van der Waals surface area contributed by atoms with Crippen LogP contribution in [0.15, 0.2) is 48.8 Å². The van der Waals surface area contributed by atoms with Gasteiger partial charge in [-0.05, 0) is 67.2 Å². The summed E-state index contributed by atoms with van der Waals surface area (Å²) in [7, 11) is 1.77. The zero-order chi connectivity index (χ0) is 21.0. The fourth-order valence-electron chi connectivity index (χ4n) is 4.06. The molecule has 1 aliphatic heterocycles. The molecular weight excluding hydrogens is 378 g/mol. The molecule has 2 heterocycles. The third kappa shape index (κ3) is 7.69. The van der Waals surface area contributed by atoms with Gasteiger partial charge in [0.05, 0.1) is 13.2 Å². The highest BCUT2D eigenvalue weighted by Gasteiger charge is 2.21. The van der Waals surface area contributed by atoms with Crippen molar-refractivity contribution in [2.75, 3.05) is 53.1 Å². The molecule has 0 amide bonds. The second-order valence-corrected chi connectivity index (χ2v) is 8.02. The molecule has 0 bridgehead atoms. The normalized spacial score (nSPS) is 15.6. The van der Waals surface area contributed by atoms with E-state index in [0.29, 0.717) is 12.5 Å². The third-order valence-corrected chi connectivity index (χ3v) is 5.66. The van der Waals surface area contributed by atoms with E-state index in [-0.39, 0.29) is 6.61 Å². The molecule has 1 fully saturated rings. The number of hydrogen-bond donors (Lipinski definition) is 1. The number of aliphatic hydroxyl groups is 1. The summed E-state index contributed by atoms with van der Waals surface area (Å²) in [4.78, 5) is 9.20. The SMILES string of the molecule is COCCN1CCC(CN(Cc2ccncc2)Cc2cccc(OCCO)c2)CC1. The van der Waals surface area contributed by atoms with Gasteiger partial charge >= 0.3 is 0 Å². The Hall–Kier alpha value is -1.99. The van der Waals surface area contributed by atoms with Gasteiger partial charge in [0.2, 0.25) is 0 Å². The van der Waals surface area contributed by atoms with Crippen molar-refractivity contribution in [1.82, 2.24) is 14.8 Å². The molecule has 164 valence electrons. The Morgan fingerprint density at radius 2 is 1.83 bits per heavy atom. The van der Waals surface area contributed by atoms with E-state index in [2.05, 4.69) is 39.0 Å². The summed E-state index contributed by atoms with van der Waals surface area (Å²) >= 11 is 0. The number of likely N-dealkylation sites (tertiary alicyclic amines) is 1. The summed E-state index contributed by atoms with van der Waals surface area (Å²) in [6.45, 7) is 7.38. The van der Waals surface area contributed by atoms with Crippen LogP contribution >= 0.6 is 0 Å². The number of rotatable bonds is 12. The van der Waals surface area contributed by atoms with Gasteiger partial charge in [-0.25, -0.2) is 0 Å². The molecule has 1 N–H and O–H groups in total. The van der Waals surface area contributed by atoms with Crippen molar-refractivity contribution >= 4 is 0 Å². The van der Waals surface area contributed by atoms with Gasteiger partial charge in [-0.1, -0.05) is 12.1 Å². The van der Waals surface area contributed by atoms with Crippen LogP contribution in [0.3, 0.4) is 0 Å². The molecule has 0 saturated carbocycles. The lowest BCUT2D eigenvalue weighted by atomic mass is 9.95. The summed E-state index contributed by atoms with van der Waals surface area (Å²) in [5, 5.41) is 9.01. The van der Waals surface area contributed by atoms with Crippen molar-refractivity contribution in [2.45, 2.75) is 25.9 Å². The Balaban J connectivity index is 1.61. The number of pyridine rings is 1. The van der Waals surface area contributed by atoms with Crippen molar-refractivity contribution in [1.29, 1.82) is 0 Å². The van der Waals surface area contributed by atoms with E-state index >= 15 is 0 Å². The van der Waals surface area contributed by atoms with Gasteiger partial charge in [-0.15, -0.1) is 0 Å². The highest BCUT2D eigenvalue weighted by atomic mass is 16.5. The third-order valence-electron chi connectivity index (χ3n) is 5.66. The lowest BCUT2D eigenvalue weighted by Crippen LogP contribution is -2.39. The topological polar surface area (TPSA) is 58.1 Å². The molecule has 0 radical (unpaired) electrons. The average molecular weight is 414 g/mol. The van der Waals surface area contributed by atoms with Gasteiger partial charge in [-0.3, -0.25) is 9.88 Å². The quantitative estimate of drug-likeness (QED) is 0.577. The Kier molecular flexibility index (Phi) is 9.57. The first kappa shape index (κ1) is 22.7. The molecule has 2 aromatic rings. The molecule has 3 rings (SSSR count). The highest BCUT2D eigenvalue weighted by Crippen LogP contribution is 2.22. The van der Waals surface area contributed by atoms with Crippen LogP contribution in [-0.4, -0.2) is 73.0 Å². The Morgan fingerprint density at radius 1 is 1.07 bits per heavy atom. The number of aliphatic hydroxyl groups excluding tert-OH is 1. The molecular formula is C24H35N3O3. The van der Waals surface area contributed by atoms with Crippen LogP contribution in [-0.2, 0) is 17.8 Å². The van der Waals surface area contributed by atoms with E-state index in [9.17, 15) is 0 Å². The Labute approximate surface area is 180 Å². The minimum Gasteiger partial charge on any atom is -0.491 e. The zero-order valence-corrected chi connectivity index (χ0v) is 18.1. The molecule has 6 nitrogen and oxygen atoms in total. The van der Waals surface area contributed by atoms with Crippen LogP contribution in [0.5, 0.6) is 5.75 Å². The second kappa shape index (κ2) is 12.6. The molecule has 0 atom stereocenters. The second-order valence-electron chi connectivity index (χ2n) is 8.02. The summed E-state index contributed by atoms with van der Waals surface area (Å²) in [5.74, 6) is 1.52. The van der Waals surface area contributed by atoms with E-state index in [0.717, 1.165) is 51.6 Å².